The minimum absolute atomic E-state index is 0.0151. The van der Waals surface area contributed by atoms with Crippen LogP contribution in [0.15, 0.2) is 30.3 Å². The van der Waals surface area contributed by atoms with Crippen molar-refractivity contribution in [1.82, 2.24) is 4.90 Å². The van der Waals surface area contributed by atoms with Crippen molar-refractivity contribution in [2.75, 3.05) is 25.5 Å². The van der Waals surface area contributed by atoms with E-state index in [-0.39, 0.29) is 6.61 Å². The van der Waals surface area contributed by atoms with Gasteiger partial charge >= 0.3 is 0 Å². The fraction of sp³-hybridized carbons (Fsp3) is 0.417. The second-order valence-electron chi connectivity index (χ2n) is 8.09. The van der Waals surface area contributed by atoms with Crippen LogP contribution in [0.5, 0.6) is 5.75 Å². The molecule has 1 saturated heterocycles. The van der Waals surface area contributed by atoms with E-state index in [1.54, 1.807) is 7.11 Å². The van der Waals surface area contributed by atoms with Crippen molar-refractivity contribution in [2.45, 2.75) is 45.4 Å². The third-order valence-electron chi connectivity index (χ3n) is 6.60. The summed E-state index contributed by atoms with van der Waals surface area (Å²) in [5, 5.41) is 18.5. The molecule has 28 heavy (non-hydrogen) atoms. The summed E-state index contributed by atoms with van der Waals surface area (Å²) in [6.07, 6.45) is 3.74. The SMILES string of the molecule is CCNc1ccc2c3c(c4cc(OC)c(CO)cc4c2c1)CN1CCC[C@H]1C3. The Kier molecular flexibility index (Phi) is 4.41. The van der Waals surface area contributed by atoms with Crippen LogP contribution in [0.2, 0.25) is 0 Å². The van der Waals surface area contributed by atoms with Crippen LogP contribution in [0, 0.1) is 0 Å². The normalized spacial score (nSPS) is 19.0. The van der Waals surface area contributed by atoms with Gasteiger partial charge in [0.15, 0.2) is 0 Å². The van der Waals surface area contributed by atoms with E-state index in [0.29, 0.717) is 6.04 Å². The van der Waals surface area contributed by atoms with Crippen LogP contribution in [0.4, 0.5) is 5.69 Å². The number of benzene rings is 3. The highest BCUT2D eigenvalue weighted by atomic mass is 16.5. The maximum absolute atomic E-state index is 9.88. The van der Waals surface area contributed by atoms with Crippen molar-refractivity contribution in [1.29, 1.82) is 0 Å². The summed E-state index contributed by atoms with van der Waals surface area (Å²) >= 11 is 0. The molecule has 1 atom stereocenters. The van der Waals surface area contributed by atoms with Crippen LogP contribution in [-0.2, 0) is 19.6 Å². The quantitative estimate of drug-likeness (QED) is 0.661. The summed E-state index contributed by atoms with van der Waals surface area (Å²) in [6.45, 7) is 5.23. The Labute approximate surface area is 166 Å². The smallest absolute Gasteiger partial charge is 0.125 e. The number of anilines is 1. The summed E-state index contributed by atoms with van der Waals surface area (Å²) in [5.41, 5.74) is 4.95. The number of hydrogen-bond donors (Lipinski definition) is 2. The fourth-order valence-corrected chi connectivity index (χ4v) is 5.27. The van der Waals surface area contributed by atoms with Crippen LogP contribution in [-0.4, -0.2) is 36.2 Å². The first-order chi connectivity index (χ1) is 13.7. The fourth-order valence-electron chi connectivity index (χ4n) is 5.27. The lowest BCUT2D eigenvalue weighted by Crippen LogP contribution is -2.35. The predicted octanol–water partition coefficient (Wildman–Crippen LogP) is 4.45. The third kappa shape index (κ3) is 2.66. The monoisotopic (exact) mass is 376 g/mol. The molecule has 1 fully saturated rings. The van der Waals surface area contributed by atoms with E-state index < -0.39 is 0 Å². The Morgan fingerprint density at radius 3 is 2.75 bits per heavy atom. The van der Waals surface area contributed by atoms with E-state index in [4.69, 9.17) is 4.74 Å². The molecule has 0 unspecified atom stereocenters. The van der Waals surface area contributed by atoms with E-state index in [2.05, 4.69) is 47.5 Å². The zero-order chi connectivity index (χ0) is 19.3. The molecule has 0 radical (unpaired) electrons. The first-order valence-electron chi connectivity index (χ1n) is 10.4. The molecule has 5 rings (SSSR count). The number of ether oxygens (including phenoxy) is 1. The molecule has 0 spiro atoms. The van der Waals surface area contributed by atoms with Gasteiger partial charge in [-0.15, -0.1) is 0 Å². The molecule has 4 heteroatoms. The van der Waals surface area contributed by atoms with E-state index in [1.807, 2.05) is 0 Å². The Morgan fingerprint density at radius 1 is 1.11 bits per heavy atom. The van der Waals surface area contributed by atoms with Gasteiger partial charge in [0, 0.05) is 30.4 Å². The van der Waals surface area contributed by atoms with E-state index in [0.717, 1.165) is 36.5 Å². The predicted molar refractivity (Wildman–Crippen MR) is 115 cm³/mol. The van der Waals surface area contributed by atoms with Gasteiger partial charge in [0.25, 0.3) is 0 Å². The van der Waals surface area contributed by atoms with Gasteiger partial charge in [0.05, 0.1) is 13.7 Å². The van der Waals surface area contributed by atoms with Gasteiger partial charge in [-0.25, -0.2) is 0 Å². The Bertz CT molecular complexity index is 1060. The van der Waals surface area contributed by atoms with Crippen LogP contribution < -0.4 is 10.1 Å². The maximum atomic E-state index is 9.88. The molecular weight excluding hydrogens is 348 g/mol. The number of fused-ring (bicyclic) bond motifs is 7. The first kappa shape index (κ1) is 17.8. The molecule has 0 amide bonds. The molecule has 2 N–H and O–H groups in total. The molecule has 3 aromatic rings. The van der Waals surface area contributed by atoms with Crippen LogP contribution in [0.1, 0.15) is 36.5 Å². The largest absolute Gasteiger partial charge is 0.496 e. The second kappa shape index (κ2) is 6.94. The summed E-state index contributed by atoms with van der Waals surface area (Å²) in [7, 11) is 1.69. The van der Waals surface area contributed by atoms with Crippen LogP contribution in [0.3, 0.4) is 0 Å². The number of aliphatic hydroxyl groups is 1. The lowest BCUT2D eigenvalue weighted by atomic mass is 9.84. The Morgan fingerprint density at radius 2 is 1.96 bits per heavy atom. The van der Waals surface area contributed by atoms with Crippen molar-refractivity contribution in [3.05, 3.63) is 47.0 Å². The van der Waals surface area contributed by atoms with Crippen LogP contribution >= 0.6 is 0 Å². The first-order valence-corrected chi connectivity index (χ1v) is 10.4. The molecule has 3 aromatic carbocycles. The molecule has 0 saturated carbocycles. The summed E-state index contributed by atoms with van der Waals surface area (Å²) in [6, 6.07) is 11.7. The van der Waals surface area contributed by atoms with Crippen molar-refractivity contribution >= 4 is 27.2 Å². The molecule has 2 aliphatic rings. The third-order valence-corrected chi connectivity index (χ3v) is 6.60. The van der Waals surface area contributed by atoms with E-state index in [1.165, 1.54) is 52.1 Å². The average Bonchev–Trinajstić information content (AvgIpc) is 3.19. The van der Waals surface area contributed by atoms with Gasteiger partial charge in [-0.05, 0) is 89.7 Å². The highest BCUT2D eigenvalue weighted by Gasteiger charge is 2.32. The highest BCUT2D eigenvalue weighted by molar-refractivity contribution is 6.12. The Hall–Kier alpha value is -2.30. The number of nitrogens with one attached hydrogen (secondary N) is 1. The lowest BCUT2D eigenvalue weighted by molar-refractivity contribution is 0.229. The number of aliphatic hydroxyl groups excluding tert-OH is 1. The zero-order valence-corrected chi connectivity index (χ0v) is 16.7. The summed E-state index contributed by atoms with van der Waals surface area (Å²) in [5.74, 6) is 0.780. The van der Waals surface area contributed by atoms with Gasteiger partial charge in [0.2, 0.25) is 0 Å². The molecule has 2 aliphatic heterocycles. The minimum atomic E-state index is -0.0151. The molecule has 0 bridgehead atoms. The van der Waals surface area contributed by atoms with Crippen LogP contribution in [0.25, 0.3) is 21.5 Å². The van der Waals surface area contributed by atoms with Gasteiger partial charge in [0.1, 0.15) is 5.75 Å². The maximum Gasteiger partial charge on any atom is 0.125 e. The highest BCUT2D eigenvalue weighted by Crippen LogP contribution is 2.42. The summed E-state index contributed by atoms with van der Waals surface area (Å²) < 4.78 is 5.61. The standard InChI is InChI=1S/C24H28N2O2/c1-3-25-16-6-7-18-20(10-16)19-9-15(14-27)24(28-2)12-22(19)23-13-26-8-4-5-17(26)11-21(18)23/h6-7,9-10,12,17,25,27H,3-5,8,11,13-14H2,1-2H3/t17-/m0/s1. The topological polar surface area (TPSA) is 44.7 Å². The molecule has 146 valence electrons. The zero-order valence-electron chi connectivity index (χ0n) is 16.7. The van der Waals surface area contributed by atoms with E-state index >= 15 is 0 Å². The number of rotatable bonds is 4. The molecule has 2 heterocycles. The number of hydrogen-bond acceptors (Lipinski definition) is 4. The minimum Gasteiger partial charge on any atom is -0.496 e. The van der Waals surface area contributed by atoms with Crippen molar-refractivity contribution < 1.29 is 9.84 Å². The summed E-state index contributed by atoms with van der Waals surface area (Å²) in [4.78, 5) is 2.65. The second-order valence-corrected chi connectivity index (χ2v) is 8.09. The number of nitrogens with zero attached hydrogens (tertiary/aromatic N) is 1. The molecule has 0 aliphatic carbocycles. The van der Waals surface area contributed by atoms with Gasteiger partial charge in [-0.1, -0.05) is 6.07 Å². The van der Waals surface area contributed by atoms with E-state index in [9.17, 15) is 5.11 Å². The van der Waals surface area contributed by atoms with Gasteiger partial charge < -0.3 is 15.2 Å². The lowest BCUT2D eigenvalue weighted by Gasteiger charge is -2.33. The number of methoxy groups -OCH3 is 1. The molecular formula is C24H28N2O2. The molecule has 4 nitrogen and oxygen atoms in total. The van der Waals surface area contributed by atoms with Crippen molar-refractivity contribution in [3.8, 4) is 5.75 Å². The average molecular weight is 377 g/mol. The molecule has 0 aromatic heterocycles. The Balaban J connectivity index is 1.85. The van der Waals surface area contributed by atoms with Gasteiger partial charge in [-0.3, -0.25) is 4.90 Å². The van der Waals surface area contributed by atoms with Crippen molar-refractivity contribution in [2.24, 2.45) is 0 Å². The van der Waals surface area contributed by atoms with Crippen molar-refractivity contribution in [3.63, 3.8) is 0 Å². The van der Waals surface area contributed by atoms with Gasteiger partial charge in [-0.2, -0.15) is 0 Å².